The monoisotopic (exact) mass is 446 g/mol. The first-order valence-corrected chi connectivity index (χ1v) is 9.92. The summed E-state index contributed by atoms with van der Waals surface area (Å²) in [6, 6.07) is 3.50. The van der Waals surface area contributed by atoms with Crippen LogP contribution in [-0.2, 0) is 31.9 Å². The normalized spacial score (nSPS) is 12.1. The van der Waals surface area contributed by atoms with Crippen LogP contribution < -0.4 is 9.47 Å². The summed E-state index contributed by atoms with van der Waals surface area (Å²) in [5.41, 5.74) is 1.48. The van der Waals surface area contributed by atoms with E-state index in [0.29, 0.717) is 24.3 Å². The van der Waals surface area contributed by atoms with Gasteiger partial charge in [-0.15, -0.1) is 13.2 Å². The van der Waals surface area contributed by atoms with Crippen molar-refractivity contribution in [1.29, 1.82) is 0 Å². The molecular weight excluding hydrogens is 416 g/mol. The predicted molar refractivity (Wildman–Crippen MR) is 120 cm³/mol. The summed E-state index contributed by atoms with van der Waals surface area (Å²) in [6.07, 6.45) is 4.26. The minimum atomic E-state index is -1.03. The number of hydrogen-bond donors (Lipinski definition) is 2. The summed E-state index contributed by atoms with van der Waals surface area (Å²) in [5, 5.41) is 20.0. The van der Waals surface area contributed by atoms with Gasteiger partial charge in [-0.2, -0.15) is 0 Å². The zero-order valence-corrected chi connectivity index (χ0v) is 18.0. The van der Waals surface area contributed by atoms with Crippen LogP contribution in [0.1, 0.15) is 11.1 Å². The predicted octanol–water partition coefficient (Wildman–Crippen LogP) is 2.08. The molecular formula is C24H30O8. The summed E-state index contributed by atoms with van der Waals surface area (Å²) in [6.45, 7) is 13.4. The maximum atomic E-state index is 11.1. The van der Waals surface area contributed by atoms with Gasteiger partial charge in [0.15, 0.2) is 0 Å². The van der Waals surface area contributed by atoms with Gasteiger partial charge in [-0.25, -0.2) is 9.59 Å². The molecule has 0 aliphatic heterocycles. The third-order valence-corrected chi connectivity index (χ3v) is 4.00. The number of aliphatic hydroxyl groups excluding tert-OH is 2. The number of carbonyl (C=O) groups excluding carboxylic acids is 2. The first kappa shape index (κ1) is 26.7. The Morgan fingerprint density at radius 1 is 0.750 bits per heavy atom. The highest BCUT2D eigenvalue weighted by Crippen LogP contribution is 2.31. The number of allylic oxidation sites excluding steroid dienone is 2. The van der Waals surface area contributed by atoms with Crippen LogP contribution in [0.25, 0.3) is 0 Å². The molecule has 0 aromatic heterocycles. The van der Waals surface area contributed by atoms with Crippen LogP contribution in [0.15, 0.2) is 62.8 Å². The van der Waals surface area contributed by atoms with E-state index >= 15 is 0 Å². The van der Waals surface area contributed by atoms with E-state index in [4.69, 9.17) is 18.9 Å². The summed E-state index contributed by atoms with van der Waals surface area (Å²) < 4.78 is 21.1. The topological polar surface area (TPSA) is 112 Å². The van der Waals surface area contributed by atoms with Gasteiger partial charge in [0.2, 0.25) is 0 Å². The van der Waals surface area contributed by atoms with E-state index in [-0.39, 0.29) is 26.4 Å². The van der Waals surface area contributed by atoms with Crippen molar-refractivity contribution in [2.75, 3.05) is 26.4 Å². The Morgan fingerprint density at radius 2 is 1.12 bits per heavy atom. The van der Waals surface area contributed by atoms with Gasteiger partial charge in [-0.1, -0.05) is 25.3 Å². The smallest absolute Gasteiger partial charge is 0.330 e. The molecule has 174 valence electrons. The molecule has 0 aliphatic rings. The fourth-order valence-electron chi connectivity index (χ4n) is 2.49. The maximum Gasteiger partial charge on any atom is 0.330 e. The third-order valence-electron chi connectivity index (χ3n) is 4.00. The van der Waals surface area contributed by atoms with Gasteiger partial charge in [0.05, 0.1) is 0 Å². The summed E-state index contributed by atoms with van der Waals surface area (Å²) in [5.74, 6) is -0.257. The molecule has 0 aliphatic carbocycles. The number of aliphatic hydroxyl groups is 2. The second-order valence-electron chi connectivity index (χ2n) is 6.65. The van der Waals surface area contributed by atoms with Crippen molar-refractivity contribution in [3.63, 3.8) is 0 Å². The molecule has 0 radical (unpaired) electrons. The molecule has 8 heteroatoms. The molecule has 32 heavy (non-hydrogen) atoms. The van der Waals surface area contributed by atoms with Crippen molar-refractivity contribution >= 4 is 11.9 Å². The lowest BCUT2D eigenvalue weighted by Crippen LogP contribution is -2.25. The Kier molecular flexibility index (Phi) is 12.2. The van der Waals surface area contributed by atoms with Crippen molar-refractivity contribution in [3.8, 4) is 11.5 Å². The lowest BCUT2D eigenvalue weighted by molar-refractivity contribution is -0.142. The van der Waals surface area contributed by atoms with Crippen LogP contribution in [0.4, 0.5) is 0 Å². The van der Waals surface area contributed by atoms with E-state index in [0.717, 1.165) is 23.3 Å². The number of carbonyl (C=O) groups is 2. The zero-order valence-electron chi connectivity index (χ0n) is 18.0. The van der Waals surface area contributed by atoms with Crippen molar-refractivity contribution in [2.45, 2.75) is 25.0 Å². The minimum absolute atomic E-state index is 0.102. The zero-order chi connectivity index (χ0) is 23.9. The Bertz CT molecular complexity index is 747. The molecule has 0 fully saturated rings. The van der Waals surface area contributed by atoms with Gasteiger partial charge in [0, 0.05) is 23.3 Å². The van der Waals surface area contributed by atoms with Gasteiger partial charge in [-0.3, -0.25) is 0 Å². The molecule has 1 aromatic carbocycles. The quantitative estimate of drug-likeness (QED) is 0.226. The largest absolute Gasteiger partial charge is 0.490 e. The Hall–Kier alpha value is -3.36. The van der Waals surface area contributed by atoms with Gasteiger partial charge in [-0.05, 0) is 25.0 Å². The van der Waals surface area contributed by atoms with E-state index in [1.54, 1.807) is 24.3 Å². The number of esters is 2. The standard InChI is InChI=1S/C24H30O8/c1-5-9-17-11-22(30-14-20(26)16-32-24(28)8-4)18(10-6-2)12-21(17)29-13-19(25)15-31-23(27)7-3/h5-8,11-12,19-20,25-26H,1-4,9-10,13-16H2. The number of hydrogen-bond acceptors (Lipinski definition) is 8. The Morgan fingerprint density at radius 3 is 1.44 bits per heavy atom. The Balaban J connectivity index is 2.90. The summed E-state index contributed by atoms with van der Waals surface area (Å²) in [7, 11) is 0. The average molecular weight is 446 g/mol. The molecule has 1 aromatic rings. The SMILES string of the molecule is C=CCc1cc(OCC(O)COC(=O)C=C)c(CC=C)cc1OCC(O)COC(=O)C=C. The molecule has 2 atom stereocenters. The fourth-order valence-corrected chi connectivity index (χ4v) is 2.49. The number of benzene rings is 1. The van der Waals surface area contributed by atoms with Crippen molar-refractivity contribution < 1.29 is 38.7 Å². The van der Waals surface area contributed by atoms with Crippen molar-refractivity contribution in [3.05, 3.63) is 73.9 Å². The number of rotatable bonds is 16. The molecule has 0 saturated heterocycles. The first-order chi connectivity index (χ1) is 15.3. The van der Waals surface area contributed by atoms with Crippen LogP contribution in [-0.4, -0.2) is 60.8 Å². The van der Waals surface area contributed by atoms with E-state index in [1.165, 1.54) is 0 Å². The van der Waals surface area contributed by atoms with E-state index in [1.807, 2.05) is 0 Å². The lowest BCUT2D eigenvalue weighted by atomic mass is 10.0. The van der Waals surface area contributed by atoms with E-state index in [9.17, 15) is 19.8 Å². The second kappa shape index (κ2) is 14.6. The molecule has 0 heterocycles. The molecule has 2 N–H and O–H groups in total. The van der Waals surface area contributed by atoms with E-state index < -0.39 is 24.1 Å². The van der Waals surface area contributed by atoms with Crippen LogP contribution in [0.3, 0.4) is 0 Å². The first-order valence-electron chi connectivity index (χ1n) is 9.92. The summed E-state index contributed by atoms with van der Waals surface area (Å²) in [4.78, 5) is 22.2. The molecule has 0 amide bonds. The third kappa shape index (κ3) is 9.63. The second-order valence-corrected chi connectivity index (χ2v) is 6.65. The highest BCUT2D eigenvalue weighted by molar-refractivity contribution is 5.81. The van der Waals surface area contributed by atoms with Gasteiger partial charge < -0.3 is 29.2 Å². The highest BCUT2D eigenvalue weighted by atomic mass is 16.6. The Labute approximate surface area is 188 Å². The maximum absolute atomic E-state index is 11.1. The van der Waals surface area contributed by atoms with Crippen LogP contribution >= 0.6 is 0 Å². The molecule has 0 bridgehead atoms. The average Bonchev–Trinajstić information content (AvgIpc) is 2.79. The summed E-state index contributed by atoms with van der Waals surface area (Å²) >= 11 is 0. The highest BCUT2D eigenvalue weighted by Gasteiger charge is 2.15. The fraction of sp³-hybridized carbons (Fsp3) is 0.333. The molecule has 8 nitrogen and oxygen atoms in total. The van der Waals surface area contributed by atoms with E-state index in [2.05, 4.69) is 26.3 Å². The van der Waals surface area contributed by atoms with Crippen molar-refractivity contribution in [1.82, 2.24) is 0 Å². The van der Waals surface area contributed by atoms with Crippen LogP contribution in [0.5, 0.6) is 11.5 Å². The molecule has 0 spiro atoms. The molecule has 2 unspecified atom stereocenters. The minimum Gasteiger partial charge on any atom is -0.490 e. The van der Waals surface area contributed by atoms with Gasteiger partial charge >= 0.3 is 11.9 Å². The van der Waals surface area contributed by atoms with Gasteiger partial charge in [0.1, 0.15) is 50.1 Å². The van der Waals surface area contributed by atoms with Crippen LogP contribution in [0.2, 0.25) is 0 Å². The lowest BCUT2D eigenvalue weighted by Gasteiger charge is -2.19. The van der Waals surface area contributed by atoms with Crippen LogP contribution in [0, 0.1) is 0 Å². The van der Waals surface area contributed by atoms with Crippen molar-refractivity contribution in [2.24, 2.45) is 0 Å². The number of ether oxygens (including phenoxy) is 4. The molecule has 1 rings (SSSR count). The molecule has 0 saturated carbocycles. The van der Waals surface area contributed by atoms with Gasteiger partial charge in [0.25, 0.3) is 0 Å².